The van der Waals surface area contributed by atoms with Crippen LogP contribution in [0.1, 0.15) is 17.9 Å². The largest absolute Gasteiger partial charge is 0.478 e. The Morgan fingerprint density at radius 3 is 2.17 bits per heavy atom. The van der Waals surface area contributed by atoms with Gasteiger partial charge in [0.1, 0.15) is 0 Å². The van der Waals surface area contributed by atoms with Gasteiger partial charge in [0.05, 0.1) is 11.1 Å². The van der Waals surface area contributed by atoms with E-state index in [2.05, 4.69) is 19.6 Å². The maximum atomic E-state index is 11.7. The highest BCUT2D eigenvalue weighted by molar-refractivity contribution is 6.76. The van der Waals surface area contributed by atoms with Crippen LogP contribution in [0, 0.1) is 0 Å². The van der Waals surface area contributed by atoms with E-state index >= 15 is 0 Å². The second kappa shape index (κ2) is 6.54. The van der Waals surface area contributed by atoms with Crippen LogP contribution in [0.25, 0.3) is 0 Å². The Balaban J connectivity index is 2.55. The molecule has 4 nitrogen and oxygen atoms in total. The minimum absolute atomic E-state index is 0.0111. The Morgan fingerprint density at radius 2 is 1.70 bits per heavy atom. The van der Waals surface area contributed by atoms with Crippen LogP contribution in [-0.2, 0) is 9.59 Å². The Labute approximate surface area is 137 Å². The van der Waals surface area contributed by atoms with Crippen molar-refractivity contribution in [3.8, 4) is 0 Å². The van der Waals surface area contributed by atoms with Crippen molar-refractivity contribution in [3.63, 3.8) is 0 Å². The fraction of sp³-hybridized carbons (Fsp3) is 0.333. The highest BCUT2D eigenvalue weighted by atomic mass is 28.3. The van der Waals surface area contributed by atoms with E-state index in [9.17, 15) is 19.8 Å². The van der Waals surface area contributed by atoms with Crippen LogP contribution in [0.15, 0.2) is 53.1 Å². The van der Waals surface area contributed by atoms with E-state index in [0.29, 0.717) is 0 Å². The molecule has 0 aliphatic heterocycles. The van der Waals surface area contributed by atoms with Crippen LogP contribution < -0.4 is 0 Å². The molecule has 0 saturated heterocycles. The maximum Gasteiger partial charge on any atom is 0.333 e. The van der Waals surface area contributed by atoms with Gasteiger partial charge in [-0.3, -0.25) is 0 Å². The molecule has 1 aromatic rings. The molecule has 0 spiro atoms. The zero-order valence-corrected chi connectivity index (χ0v) is 14.7. The number of carboxylic acid groups (broad SMARTS) is 2. The third kappa shape index (κ3) is 4.19. The molecule has 1 unspecified atom stereocenters. The molecular formula is C18H22O4Si. The molecule has 1 atom stereocenters. The van der Waals surface area contributed by atoms with E-state index in [-0.39, 0.29) is 17.6 Å². The predicted molar refractivity (Wildman–Crippen MR) is 92.3 cm³/mol. The molecule has 1 aromatic carbocycles. The van der Waals surface area contributed by atoms with Crippen molar-refractivity contribution in [1.29, 1.82) is 0 Å². The number of aliphatic carboxylic acids is 2. The molecule has 0 saturated carbocycles. The number of allylic oxidation sites excluding steroid dienone is 2. The van der Waals surface area contributed by atoms with Gasteiger partial charge in [-0.2, -0.15) is 0 Å². The number of carbonyl (C=O) groups is 2. The number of hydrogen-bond acceptors (Lipinski definition) is 2. The average Bonchev–Trinajstić information content (AvgIpc) is 2.45. The molecule has 1 aliphatic carbocycles. The van der Waals surface area contributed by atoms with Gasteiger partial charge in [0.15, 0.2) is 0 Å². The van der Waals surface area contributed by atoms with Crippen molar-refractivity contribution < 1.29 is 19.8 Å². The van der Waals surface area contributed by atoms with Crippen molar-refractivity contribution >= 4 is 20.0 Å². The first kappa shape index (κ1) is 17.2. The smallest absolute Gasteiger partial charge is 0.333 e. The Kier molecular flexibility index (Phi) is 4.90. The van der Waals surface area contributed by atoms with Crippen LogP contribution >= 0.6 is 0 Å². The summed E-state index contributed by atoms with van der Waals surface area (Å²) in [5.41, 5.74) is 1.86. The van der Waals surface area contributed by atoms with Crippen LogP contribution in [-0.4, -0.2) is 30.2 Å². The van der Waals surface area contributed by atoms with E-state index in [1.54, 1.807) is 0 Å². The third-order valence-electron chi connectivity index (χ3n) is 3.85. The summed E-state index contributed by atoms with van der Waals surface area (Å²) < 4.78 is 0. The monoisotopic (exact) mass is 330 g/mol. The summed E-state index contributed by atoms with van der Waals surface area (Å²) in [5.74, 6) is -2.79. The fourth-order valence-electron chi connectivity index (χ4n) is 3.07. The molecule has 122 valence electrons. The highest BCUT2D eigenvalue weighted by Gasteiger charge is 2.33. The van der Waals surface area contributed by atoms with Gasteiger partial charge in [-0.05, 0) is 11.6 Å². The molecule has 0 radical (unpaired) electrons. The van der Waals surface area contributed by atoms with E-state index in [1.807, 2.05) is 36.4 Å². The minimum Gasteiger partial charge on any atom is -0.478 e. The summed E-state index contributed by atoms with van der Waals surface area (Å²) in [7, 11) is -1.42. The van der Waals surface area contributed by atoms with Crippen molar-refractivity contribution in [2.45, 2.75) is 38.0 Å². The lowest BCUT2D eigenvalue weighted by Gasteiger charge is -2.27. The quantitative estimate of drug-likeness (QED) is 0.634. The van der Waals surface area contributed by atoms with Gasteiger partial charge in [-0.15, -0.1) is 0 Å². The molecule has 1 aliphatic rings. The first-order chi connectivity index (χ1) is 10.7. The lowest BCUT2D eigenvalue weighted by atomic mass is 9.80. The molecule has 0 amide bonds. The number of hydrogen-bond donors (Lipinski definition) is 2. The van der Waals surface area contributed by atoms with Crippen LogP contribution in [0.3, 0.4) is 0 Å². The molecule has 0 heterocycles. The first-order valence-electron chi connectivity index (χ1n) is 7.63. The molecule has 0 fully saturated rings. The summed E-state index contributed by atoms with van der Waals surface area (Å²) in [5, 5.41) is 19.1. The lowest BCUT2D eigenvalue weighted by molar-refractivity contribution is -0.136. The van der Waals surface area contributed by atoms with Gasteiger partial charge < -0.3 is 10.2 Å². The molecule has 0 bridgehead atoms. The van der Waals surface area contributed by atoms with Gasteiger partial charge in [-0.25, -0.2) is 9.59 Å². The Hall–Kier alpha value is -2.14. The van der Waals surface area contributed by atoms with Crippen LogP contribution in [0.4, 0.5) is 0 Å². The van der Waals surface area contributed by atoms with Crippen molar-refractivity contribution in [2.75, 3.05) is 0 Å². The lowest BCUT2D eigenvalue weighted by Crippen LogP contribution is -2.25. The summed E-state index contributed by atoms with van der Waals surface area (Å²) >= 11 is 0. The SMILES string of the molecule is C[Si](C)(C)CC1=CC(c2ccccc2)C(C(=O)O)=C(C(=O)O)C1. The summed E-state index contributed by atoms with van der Waals surface area (Å²) in [6.07, 6.45) is 2.19. The molecule has 23 heavy (non-hydrogen) atoms. The van der Waals surface area contributed by atoms with Crippen LogP contribution in [0.5, 0.6) is 0 Å². The summed E-state index contributed by atoms with van der Waals surface area (Å²) in [6.45, 7) is 6.67. The minimum atomic E-state index is -1.42. The third-order valence-corrected chi connectivity index (χ3v) is 5.36. The predicted octanol–water partition coefficient (Wildman–Crippen LogP) is 3.90. The van der Waals surface area contributed by atoms with Crippen LogP contribution in [0.2, 0.25) is 25.7 Å². The van der Waals surface area contributed by atoms with Gasteiger partial charge >= 0.3 is 11.9 Å². The van der Waals surface area contributed by atoms with Crippen molar-refractivity contribution in [2.24, 2.45) is 0 Å². The number of carboxylic acids is 2. The molecule has 5 heteroatoms. The highest BCUT2D eigenvalue weighted by Crippen LogP contribution is 2.39. The first-order valence-corrected chi connectivity index (χ1v) is 11.3. The zero-order valence-electron chi connectivity index (χ0n) is 13.7. The molecule has 2 N–H and O–H groups in total. The van der Waals surface area contributed by atoms with Gasteiger partial charge in [-0.1, -0.05) is 61.6 Å². The van der Waals surface area contributed by atoms with Gasteiger partial charge in [0.25, 0.3) is 0 Å². The number of rotatable bonds is 5. The summed E-state index contributed by atoms with van der Waals surface area (Å²) in [6, 6.07) is 10.1. The topological polar surface area (TPSA) is 74.6 Å². The van der Waals surface area contributed by atoms with Crippen molar-refractivity contribution in [3.05, 3.63) is 58.7 Å². The van der Waals surface area contributed by atoms with E-state index in [1.165, 1.54) is 0 Å². The fourth-order valence-corrected chi connectivity index (χ4v) is 4.67. The molecule has 0 aromatic heterocycles. The second-order valence-corrected chi connectivity index (χ2v) is 12.6. The Morgan fingerprint density at radius 1 is 1.09 bits per heavy atom. The van der Waals surface area contributed by atoms with E-state index < -0.39 is 25.9 Å². The Bertz CT molecular complexity index is 681. The van der Waals surface area contributed by atoms with Gasteiger partial charge in [0, 0.05) is 20.4 Å². The van der Waals surface area contributed by atoms with E-state index in [0.717, 1.165) is 17.2 Å². The second-order valence-electron chi connectivity index (χ2n) is 7.13. The molecule has 2 rings (SSSR count). The van der Waals surface area contributed by atoms with Crippen molar-refractivity contribution in [1.82, 2.24) is 0 Å². The number of benzene rings is 1. The van der Waals surface area contributed by atoms with Gasteiger partial charge in [0.2, 0.25) is 0 Å². The average molecular weight is 330 g/mol. The normalized spacial score (nSPS) is 18.6. The maximum absolute atomic E-state index is 11.7. The van der Waals surface area contributed by atoms with E-state index in [4.69, 9.17) is 0 Å². The molecular weight excluding hydrogens is 308 g/mol. The summed E-state index contributed by atoms with van der Waals surface area (Å²) in [4.78, 5) is 23.3. The zero-order chi connectivity index (χ0) is 17.2. The standard InChI is InChI=1S/C18H22O4Si/c1-23(2,3)11-12-9-14(13-7-5-4-6-8-13)16(18(21)22)15(10-12)17(19)20/h4-9,14H,10-11H2,1-3H3,(H,19,20)(H,21,22).